The van der Waals surface area contributed by atoms with Crippen LogP contribution in [0.5, 0.6) is 0 Å². The second kappa shape index (κ2) is 11.0. The molecule has 2 aromatic rings. The highest BCUT2D eigenvalue weighted by molar-refractivity contribution is 6.34. The predicted molar refractivity (Wildman–Crippen MR) is 141 cm³/mol. The molecule has 190 valence electrons. The van der Waals surface area contributed by atoms with E-state index in [4.69, 9.17) is 22.8 Å². The summed E-state index contributed by atoms with van der Waals surface area (Å²) in [6.45, 7) is 8.72. The van der Waals surface area contributed by atoms with Gasteiger partial charge in [0, 0.05) is 11.6 Å². The zero-order valence-electron chi connectivity index (χ0n) is 21.2. The molecular formula is C28H32ClN3O4. The smallest absolute Gasteiger partial charge is 0.408 e. The van der Waals surface area contributed by atoms with Crippen molar-refractivity contribution < 1.29 is 19.1 Å². The molecule has 0 radical (unpaired) electrons. The minimum absolute atomic E-state index is 0.186. The number of hydrogen-bond acceptors (Lipinski definition) is 4. The number of anilines is 1. The van der Waals surface area contributed by atoms with Crippen LogP contribution in [0.1, 0.15) is 56.8 Å². The first-order valence-electron chi connectivity index (χ1n) is 11.8. The van der Waals surface area contributed by atoms with Crippen molar-refractivity contribution in [2.24, 2.45) is 5.92 Å². The van der Waals surface area contributed by atoms with Gasteiger partial charge >= 0.3 is 6.09 Å². The molecule has 0 bridgehead atoms. The zero-order valence-corrected chi connectivity index (χ0v) is 22.0. The molecule has 0 aliphatic heterocycles. The van der Waals surface area contributed by atoms with Crippen molar-refractivity contribution in [2.75, 3.05) is 11.9 Å². The molecule has 0 spiro atoms. The predicted octanol–water partition coefficient (Wildman–Crippen LogP) is 5.07. The summed E-state index contributed by atoms with van der Waals surface area (Å²) in [5.74, 6) is 1.95. The van der Waals surface area contributed by atoms with Gasteiger partial charge in [-0.15, -0.1) is 6.42 Å². The van der Waals surface area contributed by atoms with Crippen molar-refractivity contribution in [2.45, 2.75) is 58.7 Å². The maximum Gasteiger partial charge on any atom is 0.408 e. The van der Waals surface area contributed by atoms with Gasteiger partial charge in [-0.1, -0.05) is 54.8 Å². The van der Waals surface area contributed by atoms with Crippen LogP contribution < -0.4 is 10.6 Å². The molecule has 2 aromatic carbocycles. The van der Waals surface area contributed by atoms with Gasteiger partial charge in [0.1, 0.15) is 18.2 Å². The van der Waals surface area contributed by atoms with Crippen molar-refractivity contribution in [1.82, 2.24) is 10.2 Å². The summed E-state index contributed by atoms with van der Waals surface area (Å²) >= 11 is 6.37. The lowest BCUT2D eigenvalue weighted by atomic mass is 9.97. The Labute approximate surface area is 217 Å². The number of aryl methyl sites for hydroxylation is 1. The van der Waals surface area contributed by atoms with E-state index in [0.717, 1.165) is 12.0 Å². The second-order valence-corrected chi connectivity index (χ2v) is 10.4. The van der Waals surface area contributed by atoms with E-state index in [1.165, 1.54) is 4.90 Å². The van der Waals surface area contributed by atoms with Gasteiger partial charge < -0.3 is 20.3 Å². The molecule has 2 N–H and O–H groups in total. The Kier molecular flexibility index (Phi) is 8.31. The van der Waals surface area contributed by atoms with Crippen molar-refractivity contribution in [1.29, 1.82) is 0 Å². The van der Waals surface area contributed by atoms with Gasteiger partial charge in [0.2, 0.25) is 5.91 Å². The highest BCUT2D eigenvalue weighted by Gasteiger charge is 2.46. The Morgan fingerprint density at radius 2 is 1.86 bits per heavy atom. The third-order valence-electron chi connectivity index (χ3n) is 5.90. The second-order valence-electron chi connectivity index (χ2n) is 9.99. The van der Waals surface area contributed by atoms with Crippen LogP contribution in [0, 0.1) is 25.2 Å². The Balaban J connectivity index is 1.98. The molecule has 36 heavy (non-hydrogen) atoms. The zero-order chi connectivity index (χ0) is 26.6. The molecule has 3 unspecified atom stereocenters. The third-order valence-corrected chi connectivity index (χ3v) is 6.22. The molecule has 1 saturated carbocycles. The minimum atomic E-state index is -1.03. The number of para-hydroxylation sites is 1. The highest BCUT2D eigenvalue weighted by Crippen LogP contribution is 2.41. The number of rotatable bonds is 7. The van der Waals surface area contributed by atoms with E-state index in [2.05, 4.69) is 16.6 Å². The van der Waals surface area contributed by atoms with E-state index in [1.807, 2.05) is 19.9 Å². The Hall–Kier alpha value is -3.50. The summed E-state index contributed by atoms with van der Waals surface area (Å²) < 4.78 is 5.26. The van der Waals surface area contributed by atoms with E-state index >= 15 is 0 Å². The van der Waals surface area contributed by atoms with E-state index in [0.29, 0.717) is 21.8 Å². The van der Waals surface area contributed by atoms with Crippen LogP contribution in [0.3, 0.4) is 0 Å². The van der Waals surface area contributed by atoms with Crippen molar-refractivity contribution in [3.8, 4) is 12.3 Å². The fourth-order valence-corrected chi connectivity index (χ4v) is 4.30. The summed E-state index contributed by atoms with van der Waals surface area (Å²) in [6, 6.07) is 11.1. The summed E-state index contributed by atoms with van der Waals surface area (Å²) in [5.41, 5.74) is 1.56. The first kappa shape index (κ1) is 27.1. The number of nitrogens with one attached hydrogen (secondary N) is 2. The van der Waals surface area contributed by atoms with Crippen LogP contribution in [0.4, 0.5) is 10.5 Å². The first-order chi connectivity index (χ1) is 16.9. The van der Waals surface area contributed by atoms with Gasteiger partial charge in [-0.2, -0.15) is 0 Å². The fourth-order valence-electron chi connectivity index (χ4n) is 4.03. The topological polar surface area (TPSA) is 87.7 Å². The van der Waals surface area contributed by atoms with Crippen LogP contribution in [0.2, 0.25) is 5.02 Å². The van der Waals surface area contributed by atoms with Crippen LogP contribution in [0.25, 0.3) is 0 Å². The number of hydrogen-bond donors (Lipinski definition) is 2. The van der Waals surface area contributed by atoms with Crippen molar-refractivity contribution in [3.63, 3.8) is 0 Å². The van der Waals surface area contributed by atoms with Gasteiger partial charge in [0.15, 0.2) is 0 Å². The van der Waals surface area contributed by atoms with E-state index < -0.39 is 29.6 Å². The number of terminal acetylenes is 1. The molecule has 8 heteroatoms. The number of amides is 3. The molecule has 3 atom stereocenters. The van der Waals surface area contributed by atoms with Gasteiger partial charge in [0.05, 0.1) is 10.7 Å². The molecule has 0 saturated heterocycles. The molecule has 1 aliphatic carbocycles. The number of nitrogens with zero attached hydrogens (tertiary/aromatic N) is 1. The van der Waals surface area contributed by atoms with E-state index in [9.17, 15) is 14.4 Å². The molecule has 0 aromatic heterocycles. The normalized spacial score (nSPS) is 17.4. The SMILES string of the molecule is C#Cc1ccccc1C(C(=O)Nc1c(C)cccc1Cl)N(C(=O)CNC(=O)OC(C)(C)C)C1CC1C. The average Bonchev–Trinajstić information content (AvgIpc) is 3.52. The Morgan fingerprint density at radius 3 is 2.44 bits per heavy atom. The number of ether oxygens (including phenoxy) is 1. The summed E-state index contributed by atoms with van der Waals surface area (Å²) in [5, 5.41) is 5.81. The van der Waals surface area contributed by atoms with E-state index in [1.54, 1.807) is 57.2 Å². The molecule has 7 nitrogen and oxygen atoms in total. The molecule has 0 heterocycles. The minimum Gasteiger partial charge on any atom is -0.444 e. The molecule has 3 rings (SSSR count). The largest absolute Gasteiger partial charge is 0.444 e. The lowest BCUT2D eigenvalue weighted by molar-refractivity contribution is -0.139. The van der Waals surface area contributed by atoms with Gasteiger partial charge in [-0.05, 0) is 63.3 Å². The average molecular weight is 510 g/mol. The highest BCUT2D eigenvalue weighted by atomic mass is 35.5. The third kappa shape index (κ3) is 6.58. The van der Waals surface area contributed by atoms with Crippen LogP contribution in [0.15, 0.2) is 42.5 Å². The number of carbonyl (C=O) groups is 3. The van der Waals surface area contributed by atoms with Crippen LogP contribution >= 0.6 is 11.6 Å². The molecule has 1 aliphatic rings. The Morgan fingerprint density at radius 1 is 1.19 bits per heavy atom. The summed E-state index contributed by atoms with van der Waals surface area (Å²) in [6.07, 6.45) is 5.78. The van der Waals surface area contributed by atoms with Gasteiger partial charge in [-0.3, -0.25) is 9.59 Å². The first-order valence-corrected chi connectivity index (χ1v) is 12.2. The van der Waals surface area contributed by atoms with E-state index in [-0.39, 0.29) is 18.5 Å². The summed E-state index contributed by atoms with van der Waals surface area (Å²) in [7, 11) is 0. The van der Waals surface area contributed by atoms with Crippen molar-refractivity contribution in [3.05, 3.63) is 64.2 Å². The molecule has 1 fully saturated rings. The molecular weight excluding hydrogens is 478 g/mol. The fraction of sp³-hybridized carbons (Fsp3) is 0.393. The number of halogens is 1. The van der Waals surface area contributed by atoms with Gasteiger partial charge in [-0.25, -0.2) is 4.79 Å². The monoisotopic (exact) mass is 509 g/mol. The number of benzene rings is 2. The number of alkyl carbamates (subject to hydrolysis) is 1. The number of carbonyl (C=O) groups excluding carboxylic acids is 3. The van der Waals surface area contributed by atoms with Gasteiger partial charge in [0.25, 0.3) is 5.91 Å². The maximum atomic E-state index is 13.9. The summed E-state index contributed by atoms with van der Waals surface area (Å²) in [4.78, 5) is 41.1. The lowest BCUT2D eigenvalue weighted by Crippen LogP contribution is -2.48. The lowest BCUT2D eigenvalue weighted by Gasteiger charge is -2.33. The van der Waals surface area contributed by atoms with Crippen molar-refractivity contribution >= 4 is 35.2 Å². The maximum absolute atomic E-state index is 13.9. The molecule has 3 amide bonds. The standard InChI is InChI=1S/C28H32ClN3O4/c1-7-19-12-8-9-13-20(19)25(26(34)31-24-17(2)11-10-14-21(24)29)32(22-15-18(22)3)23(33)16-30-27(35)36-28(4,5)6/h1,8-14,18,22,25H,15-16H2,2-6H3,(H,30,35)(H,31,34). The van der Waals surface area contributed by atoms with Crippen LogP contribution in [-0.4, -0.2) is 41.0 Å². The Bertz CT molecular complexity index is 1180. The van der Waals surface area contributed by atoms with Crippen LogP contribution in [-0.2, 0) is 14.3 Å². The quantitative estimate of drug-likeness (QED) is 0.510.